The number of benzene rings is 2. The van der Waals surface area contributed by atoms with E-state index in [4.69, 9.17) is 26.1 Å². The molecule has 0 saturated carbocycles. The summed E-state index contributed by atoms with van der Waals surface area (Å²) < 4.78 is 12.7. The third-order valence-corrected chi connectivity index (χ3v) is 7.76. The molecule has 206 valence electrons. The molecule has 1 aliphatic rings. The molecule has 1 unspecified atom stereocenters. The van der Waals surface area contributed by atoms with E-state index in [0.29, 0.717) is 13.1 Å². The van der Waals surface area contributed by atoms with Gasteiger partial charge in [0.15, 0.2) is 11.5 Å². The number of fused-ring (bicyclic) bond motifs is 2. The van der Waals surface area contributed by atoms with Gasteiger partial charge in [0.25, 0.3) is 0 Å². The molecule has 0 radical (unpaired) electrons. The van der Waals surface area contributed by atoms with E-state index in [1.54, 1.807) is 13.4 Å². The highest BCUT2D eigenvalue weighted by atomic mass is 35.5. The first-order chi connectivity index (χ1) is 19.7. The van der Waals surface area contributed by atoms with Crippen LogP contribution >= 0.6 is 11.6 Å². The zero-order valence-corrected chi connectivity index (χ0v) is 23.2. The molecule has 9 nitrogen and oxygen atoms in total. The normalized spacial score (nSPS) is 14.9. The van der Waals surface area contributed by atoms with E-state index in [1.165, 1.54) is 10.9 Å². The fraction of sp³-hybridized carbons (Fsp3) is 0.333. The number of nitrogens with zero attached hydrogens (tertiary/aromatic N) is 6. The summed E-state index contributed by atoms with van der Waals surface area (Å²) in [5, 5.41) is 5.76. The number of hydrogen-bond acceptors (Lipinski definition) is 8. The van der Waals surface area contributed by atoms with E-state index in [0.717, 1.165) is 78.5 Å². The lowest BCUT2D eigenvalue weighted by Gasteiger charge is -2.31. The van der Waals surface area contributed by atoms with Gasteiger partial charge >= 0.3 is 0 Å². The Bertz CT molecular complexity index is 1580. The molecule has 1 N–H and O–H groups in total. The lowest BCUT2D eigenvalue weighted by molar-refractivity contribution is 0.0314. The van der Waals surface area contributed by atoms with Gasteiger partial charge in [0.1, 0.15) is 17.6 Å². The molecule has 1 atom stereocenters. The molecular formula is C30H32ClN7O2. The lowest BCUT2D eigenvalue weighted by atomic mass is 10.0. The molecule has 1 fully saturated rings. The summed E-state index contributed by atoms with van der Waals surface area (Å²) >= 11 is 6.77. The van der Waals surface area contributed by atoms with Crippen molar-refractivity contribution in [1.82, 2.24) is 29.4 Å². The van der Waals surface area contributed by atoms with Crippen molar-refractivity contribution in [3.63, 3.8) is 0 Å². The van der Waals surface area contributed by atoms with Gasteiger partial charge in [0, 0.05) is 49.8 Å². The molecule has 3 aromatic heterocycles. The van der Waals surface area contributed by atoms with Gasteiger partial charge in [-0.05, 0) is 34.7 Å². The maximum absolute atomic E-state index is 6.77. The van der Waals surface area contributed by atoms with Crippen molar-refractivity contribution in [3.8, 4) is 5.75 Å². The molecule has 4 heterocycles. The Morgan fingerprint density at radius 3 is 2.73 bits per heavy atom. The van der Waals surface area contributed by atoms with Crippen LogP contribution in [0.4, 0.5) is 5.82 Å². The van der Waals surface area contributed by atoms with Crippen molar-refractivity contribution in [2.24, 2.45) is 0 Å². The maximum atomic E-state index is 6.77. The topological polar surface area (TPSA) is 90.2 Å². The van der Waals surface area contributed by atoms with E-state index in [-0.39, 0.29) is 5.50 Å². The number of aromatic nitrogens is 5. The Hall–Kier alpha value is -3.79. The van der Waals surface area contributed by atoms with E-state index in [2.05, 4.69) is 49.4 Å². The average Bonchev–Trinajstić information content (AvgIpc) is 3.41. The van der Waals surface area contributed by atoms with Crippen LogP contribution in [0.3, 0.4) is 0 Å². The van der Waals surface area contributed by atoms with Gasteiger partial charge in [0.2, 0.25) is 0 Å². The first-order valence-corrected chi connectivity index (χ1v) is 14.0. The van der Waals surface area contributed by atoms with Gasteiger partial charge in [-0.25, -0.2) is 15.0 Å². The summed E-state index contributed by atoms with van der Waals surface area (Å²) in [6, 6.07) is 16.6. The highest BCUT2D eigenvalue weighted by molar-refractivity contribution is 6.20. The minimum absolute atomic E-state index is 0.0530. The number of rotatable bonds is 10. The molecule has 1 aliphatic heterocycles. The number of morpholine rings is 1. The van der Waals surface area contributed by atoms with Crippen molar-refractivity contribution >= 4 is 39.4 Å². The van der Waals surface area contributed by atoms with Crippen molar-refractivity contribution < 1.29 is 9.47 Å². The minimum atomic E-state index is -0.0530. The van der Waals surface area contributed by atoms with Crippen LogP contribution in [-0.4, -0.2) is 74.9 Å². The third-order valence-electron chi connectivity index (χ3n) is 7.33. The van der Waals surface area contributed by atoms with Crippen molar-refractivity contribution in [2.75, 3.05) is 45.3 Å². The highest BCUT2D eigenvalue weighted by Crippen LogP contribution is 2.24. The second-order valence-electron chi connectivity index (χ2n) is 9.89. The van der Waals surface area contributed by atoms with Gasteiger partial charge in [-0.1, -0.05) is 30.3 Å². The summed E-state index contributed by atoms with van der Waals surface area (Å²) in [6.07, 6.45) is 6.89. The van der Waals surface area contributed by atoms with Crippen LogP contribution in [0.25, 0.3) is 21.9 Å². The Kier molecular flexibility index (Phi) is 8.04. The van der Waals surface area contributed by atoms with E-state index in [1.807, 2.05) is 41.4 Å². The first-order valence-electron chi connectivity index (χ1n) is 13.5. The Morgan fingerprint density at radius 1 is 1.05 bits per heavy atom. The van der Waals surface area contributed by atoms with Gasteiger partial charge in [0.05, 0.1) is 38.7 Å². The zero-order chi connectivity index (χ0) is 27.3. The number of hydrogen-bond donors (Lipinski definition) is 1. The third kappa shape index (κ3) is 5.86. The van der Waals surface area contributed by atoms with Gasteiger partial charge in [-0.2, -0.15) is 0 Å². The van der Waals surface area contributed by atoms with Crippen LogP contribution in [0.5, 0.6) is 5.75 Å². The molecule has 0 bridgehead atoms. The molecule has 0 spiro atoms. The van der Waals surface area contributed by atoms with Crippen LogP contribution in [0, 0.1) is 0 Å². The standard InChI is InChI=1S/C30H32ClN7O2/c1-39-25-7-5-21(6-8-25)18-38-20-36-28-29(34-19-35-30(28)38)32-10-9-24-15-22-3-2-4-23(26(22)17-33-24)16-27(31)37-11-13-40-14-12-37/h2-8,15,17,19-20,27H,9-14,16,18H2,1H3,(H,32,34,35). The molecule has 1 saturated heterocycles. The largest absolute Gasteiger partial charge is 0.497 e. The first kappa shape index (κ1) is 26.4. The second-order valence-corrected chi connectivity index (χ2v) is 10.4. The molecule has 2 aromatic carbocycles. The minimum Gasteiger partial charge on any atom is -0.497 e. The number of methoxy groups -OCH3 is 1. The van der Waals surface area contributed by atoms with Crippen molar-refractivity contribution in [2.45, 2.75) is 24.9 Å². The van der Waals surface area contributed by atoms with Crippen molar-refractivity contribution in [3.05, 3.63) is 84.2 Å². The predicted octanol–water partition coefficient (Wildman–Crippen LogP) is 4.53. The number of halogens is 1. The van der Waals surface area contributed by atoms with E-state index < -0.39 is 0 Å². The Balaban J connectivity index is 1.10. The average molecular weight is 558 g/mol. The summed E-state index contributed by atoms with van der Waals surface area (Å²) in [5.41, 5.74) is 4.87. The molecular weight excluding hydrogens is 526 g/mol. The molecule has 0 amide bonds. The maximum Gasteiger partial charge on any atom is 0.165 e. The second kappa shape index (κ2) is 12.2. The highest BCUT2D eigenvalue weighted by Gasteiger charge is 2.20. The number of anilines is 1. The van der Waals surface area contributed by atoms with E-state index in [9.17, 15) is 0 Å². The lowest BCUT2D eigenvalue weighted by Crippen LogP contribution is -2.41. The monoisotopic (exact) mass is 557 g/mol. The Labute approximate surface area is 238 Å². The number of pyridine rings is 1. The Morgan fingerprint density at radius 2 is 1.90 bits per heavy atom. The van der Waals surface area contributed by atoms with Crippen LogP contribution in [0.1, 0.15) is 16.8 Å². The number of alkyl halides is 1. The summed E-state index contributed by atoms with van der Waals surface area (Å²) in [6.45, 7) is 4.56. The molecule has 0 aliphatic carbocycles. The van der Waals surface area contributed by atoms with Crippen LogP contribution < -0.4 is 10.1 Å². The SMILES string of the molecule is COc1ccc(Cn2cnc3c(NCCc4cc5cccc(CC(Cl)N6CCOCC6)c5cn4)ncnc32)cc1. The molecule has 6 rings (SSSR count). The summed E-state index contributed by atoms with van der Waals surface area (Å²) in [4.78, 5) is 20.6. The number of imidazole rings is 1. The molecule has 40 heavy (non-hydrogen) atoms. The number of ether oxygens (including phenoxy) is 2. The fourth-order valence-electron chi connectivity index (χ4n) is 5.13. The number of nitrogens with one attached hydrogen (secondary N) is 1. The van der Waals surface area contributed by atoms with Gasteiger partial charge in [-0.3, -0.25) is 9.88 Å². The molecule has 10 heteroatoms. The quantitative estimate of drug-likeness (QED) is 0.198. The smallest absolute Gasteiger partial charge is 0.165 e. The zero-order valence-electron chi connectivity index (χ0n) is 22.5. The van der Waals surface area contributed by atoms with Crippen LogP contribution in [0.15, 0.2) is 67.4 Å². The summed E-state index contributed by atoms with van der Waals surface area (Å²) in [7, 11) is 1.67. The predicted molar refractivity (Wildman–Crippen MR) is 157 cm³/mol. The molecule has 5 aromatic rings. The van der Waals surface area contributed by atoms with Gasteiger partial charge < -0.3 is 19.4 Å². The van der Waals surface area contributed by atoms with E-state index >= 15 is 0 Å². The summed E-state index contributed by atoms with van der Waals surface area (Å²) in [5.74, 6) is 1.56. The van der Waals surface area contributed by atoms with Crippen molar-refractivity contribution in [1.29, 1.82) is 0 Å². The van der Waals surface area contributed by atoms with Gasteiger partial charge in [-0.15, -0.1) is 11.6 Å². The van der Waals surface area contributed by atoms with Crippen LogP contribution in [0.2, 0.25) is 0 Å². The van der Waals surface area contributed by atoms with Crippen LogP contribution in [-0.2, 0) is 24.1 Å². The fourth-order valence-corrected chi connectivity index (χ4v) is 5.49.